The molecule has 0 spiro atoms. The molecule has 136 valence electrons. The Morgan fingerprint density at radius 2 is 1.88 bits per heavy atom. The third kappa shape index (κ3) is 4.48. The summed E-state index contributed by atoms with van der Waals surface area (Å²) in [5.74, 6) is -0.286. The zero-order chi connectivity index (χ0) is 18.4. The fraction of sp³-hybridized carbons (Fsp3) is 0.381. The van der Waals surface area contributed by atoms with E-state index in [4.69, 9.17) is 0 Å². The molecule has 5 nitrogen and oxygen atoms in total. The molecule has 1 heterocycles. The molecule has 2 aromatic rings. The Labute approximate surface area is 154 Å². The number of amides is 2. The lowest BCUT2D eigenvalue weighted by atomic mass is 10.1. The highest BCUT2D eigenvalue weighted by Crippen LogP contribution is 2.18. The van der Waals surface area contributed by atoms with Crippen LogP contribution in [0.1, 0.15) is 59.0 Å². The van der Waals surface area contributed by atoms with Gasteiger partial charge in [-0.25, -0.2) is 0 Å². The topological polar surface area (TPSA) is 62.3 Å². The summed E-state index contributed by atoms with van der Waals surface area (Å²) in [5.41, 5.74) is 1.88. The first-order chi connectivity index (χ1) is 12.7. The van der Waals surface area contributed by atoms with E-state index in [-0.39, 0.29) is 17.9 Å². The van der Waals surface area contributed by atoms with Gasteiger partial charge in [-0.05, 0) is 37.5 Å². The lowest BCUT2D eigenvalue weighted by molar-refractivity contribution is 0.0752. The summed E-state index contributed by atoms with van der Waals surface area (Å²) in [6, 6.07) is 13.4. The summed E-state index contributed by atoms with van der Waals surface area (Å²) in [7, 11) is 0. The third-order valence-electron chi connectivity index (χ3n) is 4.82. The number of aromatic nitrogens is 1. The molecule has 1 saturated carbocycles. The van der Waals surface area contributed by atoms with Crippen LogP contribution in [0.3, 0.4) is 0 Å². The number of carbonyl (C=O) groups excluding carboxylic acids is 2. The molecule has 1 aromatic carbocycles. The second-order valence-electron chi connectivity index (χ2n) is 6.69. The molecule has 0 atom stereocenters. The Bertz CT molecular complexity index is 755. The van der Waals surface area contributed by atoms with E-state index in [1.54, 1.807) is 17.0 Å². The smallest absolute Gasteiger partial charge is 0.270 e. The van der Waals surface area contributed by atoms with Crippen LogP contribution >= 0.6 is 0 Å². The fourth-order valence-corrected chi connectivity index (χ4v) is 3.33. The van der Waals surface area contributed by atoms with Crippen molar-refractivity contribution in [1.82, 2.24) is 15.2 Å². The van der Waals surface area contributed by atoms with E-state index in [9.17, 15) is 9.59 Å². The molecule has 1 fully saturated rings. The van der Waals surface area contributed by atoms with E-state index in [1.165, 1.54) is 6.20 Å². The van der Waals surface area contributed by atoms with Gasteiger partial charge in [0.15, 0.2) is 0 Å². The molecule has 1 aliphatic rings. The Hall–Kier alpha value is -2.69. The highest BCUT2D eigenvalue weighted by atomic mass is 16.2. The number of pyridine rings is 1. The van der Waals surface area contributed by atoms with Crippen molar-refractivity contribution in [3.8, 4) is 0 Å². The molecule has 0 aliphatic heterocycles. The van der Waals surface area contributed by atoms with Crippen LogP contribution in [0.25, 0.3) is 0 Å². The first-order valence-electron chi connectivity index (χ1n) is 9.27. The molecule has 5 heteroatoms. The number of nitrogens with zero attached hydrogens (tertiary/aromatic N) is 2. The molecule has 0 unspecified atom stereocenters. The average Bonchev–Trinajstić information content (AvgIpc) is 3.19. The maximum absolute atomic E-state index is 12.9. The van der Waals surface area contributed by atoms with Gasteiger partial charge in [0.1, 0.15) is 5.69 Å². The van der Waals surface area contributed by atoms with Crippen LogP contribution in [0, 0.1) is 0 Å². The molecule has 1 aliphatic carbocycles. The Kier molecular flexibility index (Phi) is 6.00. The zero-order valence-electron chi connectivity index (χ0n) is 15.1. The minimum absolute atomic E-state index is 0.0892. The van der Waals surface area contributed by atoms with Gasteiger partial charge in [-0.15, -0.1) is 0 Å². The number of nitrogens with one attached hydrogen (secondary N) is 1. The van der Waals surface area contributed by atoms with Crippen molar-refractivity contribution in [3.05, 3.63) is 65.5 Å². The number of carbonyl (C=O) groups is 2. The van der Waals surface area contributed by atoms with Gasteiger partial charge in [0.2, 0.25) is 0 Å². The molecular weight excluding hydrogens is 326 g/mol. The SMILES string of the molecule is CCN(Cc1ccccc1)C(=O)c1ccnc(C(=O)NC2CCCC2)c1. The maximum Gasteiger partial charge on any atom is 0.270 e. The highest BCUT2D eigenvalue weighted by Gasteiger charge is 2.20. The summed E-state index contributed by atoms with van der Waals surface area (Å²) in [6.45, 7) is 3.09. The molecule has 0 radical (unpaired) electrons. The minimum atomic E-state index is -0.197. The molecule has 2 amide bonds. The van der Waals surface area contributed by atoms with Crippen molar-refractivity contribution in [2.24, 2.45) is 0 Å². The second kappa shape index (κ2) is 8.61. The van der Waals surface area contributed by atoms with Gasteiger partial charge in [0, 0.05) is 30.9 Å². The fourth-order valence-electron chi connectivity index (χ4n) is 3.33. The van der Waals surface area contributed by atoms with Crippen molar-refractivity contribution in [2.75, 3.05) is 6.54 Å². The first-order valence-corrected chi connectivity index (χ1v) is 9.27. The lowest BCUT2D eigenvalue weighted by Gasteiger charge is -2.21. The van der Waals surface area contributed by atoms with E-state index < -0.39 is 0 Å². The van der Waals surface area contributed by atoms with Crippen molar-refractivity contribution in [2.45, 2.75) is 45.2 Å². The highest BCUT2D eigenvalue weighted by molar-refractivity contribution is 5.98. The molecule has 0 saturated heterocycles. The first kappa shape index (κ1) is 18.1. The molecular formula is C21H25N3O2. The van der Waals surface area contributed by atoms with Crippen molar-refractivity contribution >= 4 is 11.8 Å². The normalized spacial score (nSPS) is 14.2. The van der Waals surface area contributed by atoms with E-state index in [1.807, 2.05) is 37.3 Å². The molecule has 1 N–H and O–H groups in total. The predicted octanol–water partition coefficient (Wildman–Crippen LogP) is 3.42. The number of rotatable bonds is 6. The van der Waals surface area contributed by atoms with Gasteiger partial charge >= 0.3 is 0 Å². The van der Waals surface area contributed by atoms with E-state index in [0.29, 0.717) is 24.3 Å². The third-order valence-corrected chi connectivity index (χ3v) is 4.82. The molecule has 0 bridgehead atoms. The molecule has 1 aromatic heterocycles. The number of hydrogen-bond acceptors (Lipinski definition) is 3. The van der Waals surface area contributed by atoms with Crippen molar-refractivity contribution in [3.63, 3.8) is 0 Å². The Morgan fingerprint density at radius 1 is 1.15 bits per heavy atom. The van der Waals surface area contributed by atoms with E-state index >= 15 is 0 Å². The van der Waals surface area contributed by atoms with Crippen LogP contribution in [0.4, 0.5) is 0 Å². The average molecular weight is 351 g/mol. The Morgan fingerprint density at radius 3 is 2.58 bits per heavy atom. The largest absolute Gasteiger partial charge is 0.348 e. The second-order valence-corrected chi connectivity index (χ2v) is 6.69. The van der Waals surface area contributed by atoms with Gasteiger partial charge in [-0.3, -0.25) is 14.6 Å². The quantitative estimate of drug-likeness (QED) is 0.867. The monoisotopic (exact) mass is 351 g/mol. The number of hydrogen-bond donors (Lipinski definition) is 1. The van der Waals surface area contributed by atoms with Crippen LogP contribution in [0.2, 0.25) is 0 Å². The van der Waals surface area contributed by atoms with Crippen molar-refractivity contribution in [1.29, 1.82) is 0 Å². The minimum Gasteiger partial charge on any atom is -0.348 e. The standard InChI is InChI=1S/C21H25N3O2/c1-2-24(15-16-8-4-3-5-9-16)21(26)17-12-13-22-19(14-17)20(25)23-18-10-6-7-11-18/h3-5,8-9,12-14,18H,2,6-7,10-11,15H2,1H3,(H,23,25). The summed E-state index contributed by atoms with van der Waals surface area (Å²) in [6.07, 6.45) is 5.88. The van der Waals surface area contributed by atoms with Gasteiger partial charge in [-0.1, -0.05) is 43.2 Å². The van der Waals surface area contributed by atoms with Crippen LogP contribution in [0.15, 0.2) is 48.7 Å². The number of benzene rings is 1. The summed E-state index contributed by atoms with van der Waals surface area (Å²) in [4.78, 5) is 31.2. The lowest BCUT2D eigenvalue weighted by Crippen LogP contribution is -2.34. The van der Waals surface area contributed by atoms with Crippen molar-refractivity contribution < 1.29 is 9.59 Å². The molecule has 26 heavy (non-hydrogen) atoms. The van der Waals surface area contributed by atoms with Gasteiger partial charge in [-0.2, -0.15) is 0 Å². The summed E-state index contributed by atoms with van der Waals surface area (Å²) >= 11 is 0. The van der Waals surface area contributed by atoms with Crippen LogP contribution in [-0.2, 0) is 6.54 Å². The molecule has 3 rings (SSSR count). The van der Waals surface area contributed by atoms with Gasteiger partial charge in [0.05, 0.1) is 0 Å². The van der Waals surface area contributed by atoms with E-state index in [0.717, 1.165) is 31.2 Å². The summed E-state index contributed by atoms with van der Waals surface area (Å²) in [5, 5.41) is 3.02. The van der Waals surface area contributed by atoms with Crippen LogP contribution < -0.4 is 5.32 Å². The summed E-state index contributed by atoms with van der Waals surface area (Å²) < 4.78 is 0. The van der Waals surface area contributed by atoms with Crippen LogP contribution in [-0.4, -0.2) is 34.3 Å². The zero-order valence-corrected chi connectivity index (χ0v) is 15.1. The Balaban J connectivity index is 1.71. The van der Waals surface area contributed by atoms with Gasteiger partial charge < -0.3 is 10.2 Å². The van der Waals surface area contributed by atoms with Gasteiger partial charge in [0.25, 0.3) is 11.8 Å². The maximum atomic E-state index is 12.9. The predicted molar refractivity (Wildman–Crippen MR) is 101 cm³/mol. The van der Waals surface area contributed by atoms with Crippen LogP contribution in [0.5, 0.6) is 0 Å². The van der Waals surface area contributed by atoms with E-state index in [2.05, 4.69) is 10.3 Å².